The number of aromatic nitrogens is 2. The molecule has 1 aromatic heterocycles. The molecule has 0 atom stereocenters. The van der Waals surface area contributed by atoms with E-state index in [1.807, 2.05) is 0 Å². The average Bonchev–Trinajstić information content (AvgIpc) is 2.40. The summed E-state index contributed by atoms with van der Waals surface area (Å²) in [5.74, 6) is 0. The van der Waals surface area contributed by atoms with Gasteiger partial charge in [0.15, 0.2) is 0 Å². The van der Waals surface area contributed by atoms with E-state index >= 15 is 0 Å². The van der Waals surface area contributed by atoms with Gasteiger partial charge in [-0.05, 0) is 32.1 Å². The van der Waals surface area contributed by atoms with Gasteiger partial charge in [-0.25, -0.2) is 4.98 Å². The van der Waals surface area contributed by atoms with Crippen LogP contribution in [0, 0.1) is 0 Å². The van der Waals surface area contributed by atoms with Crippen LogP contribution in [-0.2, 0) is 12.7 Å². The minimum Gasteiger partial charge on any atom is -0.320 e. The van der Waals surface area contributed by atoms with Crippen molar-refractivity contribution in [3.05, 3.63) is 40.4 Å². The fourth-order valence-electron chi connectivity index (χ4n) is 2.02. The lowest BCUT2D eigenvalue weighted by Crippen LogP contribution is -2.24. The highest BCUT2D eigenvalue weighted by molar-refractivity contribution is 5.81. The van der Waals surface area contributed by atoms with Crippen LogP contribution in [0.25, 0.3) is 10.9 Å². The van der Waals surface area contributed by atoms with Crippen molar-refractivity contribution in [1.82, 2.24) is 14.9 Å². The number of halogens is 3. The molecule has 20 heavy (non-hydrogen) atoms. The minimum atomic E-state index is -4.56. The molecule has 0 bridgehead atoms. The van der Waals surface area contributed by atoms with Gasteiger partial charge in [0.05, 0.1) is 22.8 Å². The van der Waals surface area contributed by atoms with Crippen molar-refractivity contribution < 1.29 is 13.2 Å². The molecule has 2 rings (SSSR count). The standard InChI is InChI=1S/C13H14F3N3O/c1-17-6-3-7-19-8-18-10-5-2-4-9(13(14,15)16)11(10)12(19)20/h2,4-5,8,17H,3,6-7H2,1H3. The maximum Gasteiger partial charge on any atom is 0.417 e. The number of aryl methyl sites for hydroxylation is 1. The molecule has 1 N–H and O–H groups in total. The third kappa shape index (κ3) is 2.82. The van der Waals surface area contributed by atoms with E-state index in [-0.39, 0.29) is 10.9 Å². The van der Waals surface area contributed by atoms with E-state index in [0.29, 0.717) is 19.5 Å². The Kier molecular flexibility index (Phi) is 4.08. The lowest BCUT2D eigenvalue weighted by atomic mass is 10.1. The van der Waals surface area contributed by atoms with Crippen LogP contribution in [-0.4, -0.2) is 23.1 Å². The van der Waals surface area contributed by atoms with Crippen molar-refractivity contribution >= 4 is 10.9 Å². The number of benzene rings is 1. The van der Waals surface area contributed by atoms with E-state index in [9.17, 15) is 18.0 Å². The Morgan fingerprint density at radius 2 is 2.10 bits per heavy atom. The van der Waals surface area contributed by atoms with Crippen molar-refractivity contribution in [2.75, 3.05) is 13.6 Å². The molecule has 108 valence electrons. The molecule has 0 amide bonds. The van der Waals surface area contributed by atoms with Crippen LogP contribution in [0.4, 0.5) is 13.2 Å². The molecule has 1 heterocycles. The van der Waals surface area contributed by atoms with Crippen LogP contribution in [0.5, 0.6) is 0 Å². The zero-order valence-electron chi connectivity index (χ0n) is 10.9. The lowest BCUT2D eigenvalue weighted by molar-refractivity contribution is -0.136. The first-order chi connectivity index (χ1) is 9.45. The molecule has 0 aliphatic heterocycles. The predicted octanol–water partition coefficient (Wildman–Crippen LogP) is 2.02. The first-order valence-electron chi connectivity index (χ1n) is 6.15. The van der Waals surface area contributed by atoms with Crippen LogP contribution in [0.1, 0.15) is 12.0 Å². The van der Waals surface area contributed by atoms with Crippen LogP contribution in [0.15, 0.2) is 29.3 Å². The highest BCUT2D eigenvalue weighted by Crippen LogP contribution is 2.32. The second kappa shape index (κ2) is 5.62. The third-order valence-electron chi connectivity index (χ3n) is 2.98. The zero-order valence-corrected chi connectivity index (χ0v) is 10.9. The minimum absolute atomic E-state index is 0.0645. The van der Waals surface area contributed by atoms with Gasteiger partial charge in [-0.3, -0.25) is 9.36 Å². The summed E-state index contributed by atoms with van der Waals surface area (Å²) in [6, 6.07) is 3.57. The van der Waals surface area contributed by atoms with Crippen molar-refractivity contribution in [2.24, 2.45) is 0 Å². The van der Waals surface area contributed by atoms with Crippen LogP contribution in [0.3, 0.4) is 0 Å². The zero-order chi connectivity index (χ0) is 14.8. The topological polar surface area (TPSA) is 46.9 Å². The van der Waals surface area contributed by atoms with E-state index in [4.69, 9.17) is 0 Å². The number of rotatable bonds is 4. The summed E-state index contributed by atoms with van der Waals surface area (Å²) in [6.07, 6.45) is -2.64. The third-order valence-corrected chi connectivity index (χ3v) is 2.98. The Morgan fingerprint density at radius 3 is 2.75 bits per heavy atom. The molecule has 0 unspecified atom stereocenters. The largest absolute Gasteiger partial charge is 0.417 e. The Balaban J connectivity index is 2.56. The van der Waals surface area contributed by atoms with Gasteiger partial charge in [0.25, 0.3) is 5.56 Å². The number of alkyl halides is 3. The molecule has 0 spiro atoms. The quantitative estimate of drug-likeness (QED) is 0.874. The molecule has 0 saturated carbocycles. The first kappa shape index (κ1) is 14.5. The first-order valence-corrected chi connectivity index (χ1v) is 6.15. The smallest absolute Gasteiger partial charge is 0.320 e. The van der Waals surface area contributed by atoms with Gasteiger partial charge in [0.2, 0.25) is 0 Å². The van der Waals surface area contributed by atoms with Gasteiger partial charge in [-0.15, -0.1) is 0 Å². The van der Waals surface area contributed by atoms with Gasteiger partial charge in [-0.1, -0.05) is 6.07 Å². The monoisotopic (exact) mass is 285 g/mol. The van der Waals surface area contributed by atoms with Gasteiger partial charge in [-0.2, -0.15) is 13.2 Å². The SMILES string of the molecule is CNCCCn1cnc2cccc(C(F)(F)F)c2c1=O. The normalized spacial score (nSPS) is 12.0. The van der Waals surface area contributed by atoms with Crippen LogP contribution in [0.2, 0.25) is 0 Å². The van der Waals surface area contributed by atoms with Crippen LogP contribution < -0.4 is 10.9 Å². The highest BCUT2D eigenvalue weighted by atomic mass is 19.4. The molecule has 0 fully saturated rings. The summed E-state index contributed by atoms with van der Waals surface area (Å²) in [4.78, 5) is 16.1. The van der Waals surface area contributed by atoms with Crippen molar-refractivity contribution in [3.63, 3.8) is 0 Å². The fraction of sp³-hybridized carbons (Fsp3) is 0.385. The summed E-state index contributed by atoms with van der Waals surface area (Å²) in [7, 11) is 1.77. The number of fused-ring (bicyclic) bond motifs is 1. The number of nitrogens with one attached hydrogen (secondary N) is 1. The second-order valence-electron chi connectivity index (χ2n) is 4.40. The predicted molar refractivity (Wildman–Crippen MR) is 69.5 cm³/mol. The van der Waals surface area contributed by atoms with E-state index in [2.05, 4.69) is 10.3 Å². The molecular formula is C13H14F3N3O. The van der Waals surface area contributed by atoms with Crippen molar-refractivity contribution in [3.8, 4) is 0 Å². The molecular weight excluding hydrogens is 271 g/mol. The van der Waals surface area contributed by atoms with E-state index in [0.717, 1.165) is 6.07 Å². The lowest BCUT2D eigenvalue weighted by Gasteiger charge is -2.11. The molecule has 2 aromatic rings. The van der Waals surface area contributed by atoms with Crippen LogP contribution >= 0.6 is 0 Å². The molecule has 0 aliphatic rings. The maximum atomic E-state index is 13.0. The van der Waals surface area contributed by atoms with Crippen molar-refractivity contribution in [2.45, 2.75) is 19.1 Å². The molecule has 7 heteroatoms. The summed E-state index contributed by atoms with van der Waals surface area (Å²) < 4.78 is 40.1. The Bertz CT molecular complexity index is 664. The Labute approximate surface area is 113 Å². The van der Waals surface area contributed by atoms with E-state index in [1.165, 1.54) is 23.0 Å². The molecule has 1 aromatic carbocycles. The number of hydrogen-bond donors (Lipinski definition) is 1. The molecule has 0 radical (unpaired) electrons. The van der Waals surface area contributed by atoms with Gasteiger partial charge < -0.3 is 5.32 Å². The molecule has 0 aliphatic carbocycles. The second-order valence-corrected chi connectivity index (χ2v) is 4.40. The summed E-state index contributed by atoms with van der Waals surface area (Å²) >= 11 is 0. The summed E-state index contributed by atoms with van der Waals surface area (Å²) in [5, 5.41) is 2.55. The van der Waals surface area contributed by atoms with Gasteiger partial charge in [0, 0.05) is 6.54 Å². The van der Waals surface area contributed by atoms with Crippen molar-refractivity contribution in [1.29, 1.82) is 0 Å². The fourth-order valence-corrected chi connectivity index (χ4v) is 2.02. The molecule has 4 nitrogen and oxygen atoms in total. The number of hydrogen-bond acceptors (Lipinski definition) is 3. The van der Waals surface area contributed by atoms with Gasteiger partial charge in [0.1, 0.15) is 0 Å². The average molecular weight is 285 g/mol. The van der Waals surface area contributed by atoms with E-state index < -0.39 is 17.3 Å². The van der Waals surface area contributed by atoms with E-state index in [1.54, 1.807) is 7.05 Å². The van der Waals surface area contributed by atoms with Gasteiger partial charge >= 0.3 is 6.18 Å². The maximum absolute atomic E-state index is 13.0. The Hall–Kier alpha value is -1.89. The molecule has 0 saturated heterocycles. The Morgan fingerprint density at radius 1 is 1.35 bits per heavy atom. The highest BCUT2D eigenvalue weighted by Gasteiger charge is 2.33. The summed E-state index contributed by atoms with van der Waals surface area (Å²) in [6.45, 7) is 1.00. The number of nitrogens with zero attached hydrogens (tertiary/aromatic N) is 2. The summed E-state index contributed by atoms with van der Waals surface area (Å²) in [5.41, 5.74) is -1.52.